The summed E-state index contributed by atoms with van der Waals surface area (Å²) in [5.74, 6) is 0.677. The number of hydrogen-bond donors (Lipinski definition) is 1. The minimum Gasteiger partial charge on any atom is -0.374 e. The highest BCUT2D eigenvalue weighted by molar-refractivity contribution is 5.78. The summed E-state index contributed by atoms with van der Waals surface area (Å²) in [6.07, 6.45) is 3.90. The van der Waals surface area contributed by atoms with Crippen molar-refractivity contribution >= 4 is 5.91 Å². The summed E-state index contributed by atoms with van der Waals surface area (Å²) in [6.45, 7) is 8.73. The second kappa shape index (κ2) is 8.10. The first-order valence-electron chi connectivity index (χ1n) is 7.63. The van der Waals surface area contributed by atoms with E-state index in [9.17, 15) is 4.79 Å². The van der Waals surface area contributed by atoms with Crippen LogP contribution in [-0.4, -0.2) is 54.7 Å². The SMILES string of the molecule is CC(C)CN1CCO[C@H](CNC(=O)Cc2cccnc2)C1. The van der Waals surface area contributed by atoms with Crippen molar-refractivity contribution in [2.75, 3.05) is 32.8 Å². The predicted octanol–water partition coefficient (Wildman–Crippen LogP) is 1.10. The summed E-state index contributed by atoms with van der Waals surface area (Å²) < 4.78 is 5.72. The van der Waals surface area contributed by atoms with Gasteiger partial charge < -0.3 is 10.1 Å². The van der Waals surface area contributed by atoms with Crippen molar-refractivity contribution in [3.05, 3.63) is 30.1 Å². The van der Waals surface area contributed by atoms with Crippen LogP contribution in [0.15, 0.2) is 24.5 Å². The van der Waals surface area contributed by atoms with Crippen LogP contribution in [0.4, 0.5) is 0 Å². The molecule has 1 aromatic rings. The molecule has 5 nitrogen and oxygen atoms in total. The Hall–Kier alpha value is -1.46. The van der Waals surface area contributed by atoms with Crippen LogP contribution >= 0.6 is 0 Å². The molecule has 1 amide bonds. The van der Waals surface area contributed by atoms with E-state index in [1.165, 1.54) is 0 Å². The largest absolute Gasteiger partial charge is 0.374 e. The molecule has 1 aliphatic rings. The number of ether oxygens (including phenoxy) is 1. The molecule has 1 fully saturated rings. The van der Waals surface area contributed by atoms with Gasteiger partial charge in [-0.25, -0.2) is 0 Å². The van der Waals surface area contributed by atoms with E-state index in [1.54, 1.807) is 12.4 Å². The van der Waals surface area contributed by atoms with Crippen LogP contribution in [-0.2, 0) is 16.0 Å². The Kier molecular flexibility index (Phi) is 6.14. The summed E-state index contributed by atoms with van der Waals surface area (Å²) in [7, 11) is 0. The molecule has 0 radical (unpaired) electrons. The maximum Gasteiger partial charge on any atom is 0.224 e. The third kappa shape index (κ3) is 5.81. The number of carbonyl (C=O) groups excluding carboxylic acids is 1. The molecule has 1 N–H and O–H groups in total. The zero-order valence-electron chi connectivity index (χ0n) is 12.9. The third-order valence-corrected chi connectivity index (χ3v) is 3.46. The lowest BCUT2D eigenvalue weighted by atomic mass is 10.1. The Bertz CT molecular complexity index is 436. The van der Waals surface area contributed by atoms with E-state index in [1.807, 2.05) is 12.1 Å². The molecule has 2 heterocycles. The highest BCUT2D eigenvalue weighted by Gasteiger charge is 2.21. The molecule has 1 aliphatic heterocycles. The molecule has 0 saturated carbocycles. The van der Waals surface area contributed by atoms with Crippen molar-refractivity contribution in [3.8, 4) is 0 Å². The summed E-state index contributed by atoms with van der Waals surface area (Å²) in [6, 6.07) is 3.75. The van der Waals surface area contributed by atoms with Gasteiger partial charge in [0.1, 0.15) is 0 Å². The van der Waals surface area contributed by atoms with Crippen LogP contribution in [0.1, 0.15) is 19.4 Å². The van der Waals surface area contributed by atoms with Gasteiger partial charge in [-0.05, 0) is 17.5 Å². The van der Waals surface area contributed by atoms with Gasteiger partial charge in [-0.3, -0.25) is 14.7 Å². The fourth-order valence-electron chi connectivity index (χ4n) is 2.56. The summed E-state index contributed by atoms with van der Waals surface area (Å²) in [5.41, 5.74) is 0.931. The highest BCUT2D eigenvalue weighted by atomic mass is 16.5. The van der Waals surface area contributed by atoms with Crippen molar-refractivity contribution in [1.29, 1.82) is 0 Å². The minimum absolute atomic E-state index is 0.0209. The number of carbonyl (C=O) groups is 1. The first-order valence-corrected chi connectivity index (χ1v) is 7.63. The Morgan fingerprint density at radius 3 is 3.14 bits per heavy atom. The summed E-state index contributed by atoms with van der Waals surface area (Å²) in [4.78, 5) is 18.3. The Labute approximate surface area is 126 Å². The Balaban J connectivity index is 1.71. The van der Waals surface area contributed by atoms with Crippen LogP contribution in [0.25, 0.3) is 0 Å². The maximum atomic E-state index is 11.9. The van der Waals surface area contributed by atoms with Gasteiger partial charge in [0, 0.05) is 38.6 Å². The van der Waals surface area contributed by atoms with E-state index in [4.69, 9.17) is 4.74 Å². The van der Waals surface area contributed by atoms with Gasteiger partial charge in [0.05, 0.1) is 19.1 Å². The van der Waals surface area contributed by atoms with Crippen molar-refractivity contribution in [2.24, 2.45) is 5.92 Å². The van der Waals surface area contributed by atoms with Crippen molar-refractivity contribution < 1.29 is 9.53 Å². The van der Waals surface area contributed by atoms with Crippen LogP contribution < -0.4 is 5.32 Å². The normalized spacial score (nSPS) is 19.7. The minimum atomic E-state index is 0.0209. The molecule has 21 heavy (non-hydrogen) atoms. The van der Waals surface area contributed by atoms with Crippen molar-refractivity contribution in [1.82, 2.24) is 15.2 Å². The smallest absolute Gasteiger partial charge is 0.224 e. The monoisotopic (exact) mass is 291 g/mol. The standard InChI is InChI=1S/C16H25N3O2/c1-13(2)11-19-6-7-21-15(12-19)10-18-16(20)8-14-4-3-5-17-9-14/h3-5,9,13,15H,6-8,10-12H2,1-2H3,(H,18,20)/t15-/m1/s1. The topological polar surface area (TPSA) is 54.5 Å². The molecular formula is C16H25N3O2. The lowest BCUT2D eigenvalue weighted by Gasteiger charge is -2.33. The average molecular weight is 291 g/mol. The third-order valence-electron chi connectivity index (χ3n) is 3.46. The number of amides is 1. The first kappa shape index (κ1) is 15.9. The molecule has 0 aliphatic carbocycles. The van der Waals surface area contributed by atoms with E-state index in [0.29, 0.717) is 18.9 Å². The molecule has 1 aromatic heterocycles. The first-order chi connectivity index (χ1) is 10.1. The molecule has 2 rings (SSSR count). The van der Waals surface area contributed by atoms with Crippen LogP contribution in [0.5, 0.6) is 0 Å². The second-order valence-electron chi connectivity index (χ2n) is 5.99. The van der Waals surface area contributed by atoms with Crippen LogP contribution in [0.3, 0.4) is 0 Å². The fraction of sp³-hybridized carbons (Fsp3) is 0.625. The molecular weight excluding hydrogens is 266 g/mol. The Morgan fingerprint density at radius 2 is 2.43 bits per heavy atom. The second-order valence-corrected chi connectivity index (χ2v) is 5.99. The fourth-order valence-corrected chi connectivity index (χ4v) is 2.56. The summed E-state index contributed by atoms with van der Waals surface area (Å²) >= 11 is 0. The number of nitrogens with one attached hydrogen (secondary N) is 1. The van der Waals surface area contributed by atoms with E-state index >= 15 is 0 Å². The van der Waals surface area contributed by atoms with E-state index in [0.717, 1.165) is 31.8 Å². The number of nitrogens with zero attached hydrogens (tertiary/aromatic N) is 2. The molecule has 1 atom stereocenters. The van der Waals surface area contributed by atoms with Gasteiger partial charge in [-0.1, -0.05) is 19.9 Å². The molecule has 5 heteroatoms. The number of hydrogen-bond acceptors (Lipinski definition) is 4. The van der Waals surface area contributed by atoms with Crippen LogP contribution in [0.2, 0.25) is 0 Å². The lowest BCUT2D eigenvalue weighted by Crippen LogP contribution is -2.48. The van der Waals surface area contributed by atoms with E-state index in [2.05, 4.69) is 29.0 Å². The van der Waals surface area contributed by atoms with Gasteiger partial charge in [-0.2, -0.15) is 0 Å². The molecule has 0 unspecified atom stereocenters. The lowest BCUT2D eigenvalue weighted by molar-refractivity contribution is -0.121. The quantitative estimate of drug-likeness (QED) is 0.853. The van der Waals surface area contributed by atoms with E-state index in [-0.39, 0.29) is 12.0 Å². The van der Waals surface area contributed by atoms with Gasteiger partial charge in [0.15, 0.2) is 0 Å². The summed E-state index contributed by atoms with van der Waals surface area (Å²) in [5, 5.41) is 2.96. The van der Waals surface area contributed by atoms with Gasteiger partial charge in [0.25, 0.3) is 0 Å². The molecule has 0 bridgehead atoms. The average Bonchev–Trinajstić information content (AvgIpc) is 2.46. The number of rotatable bonds is 6. The molecule has 0 spiro atoms. The van der Waals surface area contributed by atoms with Crippen molar-refractivity contribution in [3.63, 3.8) is 0 Å². The van der Waals surface area contributed by atoms with Gasteiger partial charge in [-0.15, -0.1) is 0 Å². The highest BCUT2D eigenvalue weighted by Crippen LogP contribution is 2.07. The van der Waals surface area contributed by atoms with E-state index < -0.39 is 0 Å². The zero-order chi connectivity index (χ0) is 15.1. The molecule has 116 valence electrons. The zero-order valence-corrected chi connectivity index (χ0v) is 12.9. The molecule has 1 saturated heterocycles. The molecule has 0 aromatic carbocycles. The number of morpholine rings is 1. The van der Waals surface area contributed by atoms with Gasteiger partial charge >= 0.3 is 0 Å². The van der Waals surface area contributed by atoms with Crippen LogP contribution in [0, 0.1) is 5.92 Å². The number of aromatic nitrogens is 1. The predicted molar refractivity (Wildman–Crippen MR) is 82.0 cm³/mol. The Morgan fingerprint density at radius 1 is 1.57 bits per heavy atom. The number of pyridine rings is 1. The maximum absolute atomic E-state index is 11.9. The van der Waals surface area contributed by atoms with Crippen molar-refractivity contribution in [2.45, 2.75) is 26.4 Å². The van der Waals surface area contributed by atoms with Gasteiger partial charge in [0.2, 0.25) is 5.91 Å².